The number of nitrogens with one attached hydrogen (secondary N) is 2. The summed E-state index contributed by atoms with van der Waals surface area (Å²) >= 11 is 1.82. The number of hydrogen-bond acceptors (Lipinski definition) is 3. The molecule has 0 radical (unpaired) electrons. The summed E-state index contributed by atoms with van der Waals surface area (Å²) in [5, 5.41) is 8.90. The summed E-state index contributed by atoms with van der Waals surface area (Å²) in [5.74, 6) is 1.85. The van der Waals surface area contributed by atoms with Crippen LogP contribution in [0.1, 0.15) is 31.6 Å². The number of guanidine groups is 1. The number of rotatable bonds is 7. The lowest BCUT2D eigenvalue weighted by Gasteiger charge is -2.29. The predicted molar refractivity (Wildman–Crippen MR) is 112 cm³/mol. The molecule has 1 saturated heterocycles. The molecule has 1 fully saturated rings. The topological polar surface area (TPSA) is 39.7 Å². The minimum atomic E-state index is 0. The standard InChI is InChI=1S/C17H30N4S.HI/c1-3-18-17(19-9-6-16-5-4-14-22-16)20-10-13-21-11-7-15(2)8-12-21;/h4-5,14-15H,3,6-13H2,1-2H3,(H2,18,19,20);1H. The second-order valence-electron chi connectivity index (χ2n) is 6.04. The van der Waals surface area contributed by atoms with Crippen LogP contribution in [0, 0.1) is 5.92 Å². The predicted octanol–water partition coefficient (Wildman–Crippen LogP) is 3.20. The van der Waals surface area contributed by atoms with Crippen molar-refractivity contribution in [3.63, 3.8) is 0 Å². The molecule has 2 rings (SSSR count). The van der Waals surface area contributed by atoms with E-state index < -0.39 is 0 Å². The van der Waals surface area contributed by atoms with Crippen LogP contribution in [0.15, 0.2) is 22.5 Å². The number of thiophene rings is 1. The van der Waals surface area contributed by atoms with E-state index in [1.165, 1.54) is 30.8 Å². The molecule has 6 heteroatoms. The zero-order valence-corrected chi connectivity index (χ0v) is 17.5. The fourth-order valence-electron chi connectivity index (χ4n) is 2.69. The molecular formula is C17H31IN4S. The normalized spacial score (nSPS) is 16.9. The van der Waals surface area contributed by atoms with Gasteiger partial charge in [-0.1, -0.05) is 13.0 Å². The molecule has 1 aromatic heterocycles. The van der Waals surface area contributed by atoms with Crippen molar-refractivity contribution in [3.05, 3.63) is 22.4 Å². The van der Waals surface area contributed by atoms with Gasteiger partial charge in [-0.2, -0.15) is 0 Å². The van der Waals surface area contributed by atoms with E-state index in [0.29, 0.717) is 0 Å². The van der Waals surface area contributed by atoms with Gasteiger partial charge in [0.1, 0.15) is 0 Å². The molecule has 0 spiro atoms. The van der Waals surface area contributed by atoms with Gasteiger partial charge in [-0.05, 0) is 56.6 Å². The maximum absolute atomic E-state index is 4.70. The van der Waals surface area contributed by atoms with Crippen LogP contribution >= 0.6 is 35.3 Å². The molecule has 132 valence electrons. The monoisotopic (exact) mass is 450 g/mol. The minimum Gasteiger partial charge on any atom is -0.357 e. The first-order valence-electron chi connectivity index (χ1n) is 8.55. The molecular weight excluding hydrogens is 419 g/mol. The molecule has 0 amide bonds. The van der Waals surface area contributed by atoms with Gasteiger partial charge in [0, 0.05) is 24.5 Å². The molecule has 0 saturated carbocycles. The van der Waals surface area contributed by atoms with E-state index in [1.54, 1.807) is 0 Å². The molecule has 4 nitrogen and oxygen atoms in total. The van der Waals surface area contributed by atoms with Gasteiger partial charge < -0.3 is 15.5 Å². The Morgan fingerprint density at radius 1 is 1.35 bits per heavy atom. The Hall–Kier alpha value is -0.340. The van der Waals surface area contributed by atoms with Gasteiger partial charge in [-0.25, -0.2) is 0 Å². The summed E-state index contributed by atoms with van der Waals surface area (Å²) < 4.78 is 0. The van der Waals surface area contributed by atoms with Crippen molar-refractivity contribution in [2.75, 3.05) is 39.3 Å². The molecule has 2 N–H and O–H groups in total. The SMILES string of the molecule is CCNC(=NCCN1CCC(C)CC1)NCCc1cccs1.I. The lowest BCUT2D eigenvalue weighted by Crippen LogP contribution is -2.39. The van der Waals surface area contributed by atoms with Crippen molar-refractivity contribution in [2.45, 2.75) is 33.1 Å². The van der Waals surface area contributed by atoms with Crippen LogP contribution in [0.5, 0.6) is 0 Å². The fraction of sp³-hybridized carbons (Fsp3) is 0.706. The largest absolute Gasteiger partial charge is 0.357 e. The average molecular weight is 450 g/mol. The number of halogens is 1. The quantitative estimate of drug-likeness (QED) is 0.381. The molecule has 1 aromatic rings. The van der Waals surface area contributed by atoms with Crippen molar-refractivity contribution in [1.82, 2.24) is 15.5 Å². The molecule has 0 unspecified atom stereocenters. The zero-order chi connectivity index (χ0) is 15.6. The Bertz CT molecular complexity index is 428. The van der Waals surface area contributed by atoms with E-state index in [4.69, 9.17) is 4.99 Å². The zero-order valence-electron chi connectivity index (χ0n) is 14.4. The summed E-state index contributed by atoms with van der Waals surface area (Å²) in [6.07, 6.45) is 3.73. The van der Waals surface area contributed by atoms with Crippen molar-refractivity contribution in [1.29, 1.82) is 0 Å². The summed E-state index contributed by atoms with van der Waals surface area (Å²) in [4.78, 5) is 8.66. The summed E-state index contributed by atoms with van der Waals surface area (Å²) in [6, 6.07) is 4.30. The summed E-state index contributed by atoms with van der Waals surface area (Å²) in [6.45, 7) is 10.7. The number of piperidine rings is 1. The first kappa shape index (κ1) is 20.7. The smallest absolute Gasteiger partial charge is 0.191 e. The third kappa shape index (κ3) is 8.35. The average Bonchev–Trinajstić information content (AvgIpc) is 3.02. The van der Waals surface area contributed by atoms with Crippen LogP contribution in [0.4, 0.5) is 0 Å². The van der Waals surface area contributed by atoms with Crippen molar-refractivity contribution in [2.24, 2.45) is 10.9 Å². The van der Waals surface area contributed by atoms with E-state index in [-0.39, 0.29) is 24.0 Å². The number of hydrogen-bond donors (Lipinski definition) is 2. The summed E-state index contributed by atoms with van der Waals surface area (Å²) in [5.41, 5.74) is 0. The van der Waals surface area contributed by atoms with E-state index in [9.17, 15) is 0 Å². The third-order valence-corrected chi connectivity index (χ3v) is 5.09. The number of aliphatic imine (C=N–C) groups is 1. The third-order valence-electron chi connectivity index (χ3n) is 4.15. The molecule has 0 bridgehead atoms. The van der Waals surface area contributed by atoms with Gasteiger partial charge in [0.05, 0.1) is 6.54 Å². The van der Waals surface area contributed by atoms with Gasteiger partial charge in [0.15, 0.2) is 5.96 Å². The Kier molecular flexibility index (Phi) is 10.9. The molecule has 1 aliphatic heterocycles. The van der Waals surface area contributed by atoms with Crippen LogP contribution in [0.25, 0.3) is 0 Å². The van der Waals surface area contributed by atoms with Crippen LogP contribution in [0.2, 0.25) is 0 Å². The maximum Gasteiger partial charge on any atom is 0.191 e. The molecule has 2 heterocycles. The molecule has 0 atom stereocenters. The molecule has 1 aliphatic rings. The van der Waals surface area contributed by atoms with Crippen molar-refractivity contribution >= 4 is 41.3 Å². The van der Waals surface area contributed by atoms with E-state index in [2.05, 4.69) is 46.9 Å². The lowest BCUT2D eigenvalue weighted by atomic mass is 9.99. The molecule has 0 aliphatic carbocycles. The Morgan fingerprint density at radius 3 is 2.78 bits per heavy atom. The highest BCUT2D eigenvalue weighted by atomic mass is 127. The van der Waals surface area contributed by atoms with Crippen LogP contribution in [-0.2, 0) is 6.42 Å². The maximum atomic E-state index is 4.70. The second-order valence-corrected chi connectivity index (χ2v) is 7.07. The van der Waals surface area contributed by atoms with Crippen molar-refractivity contribution < 1.29 is 0 Å². The molecule has 0 aromatic carbocycles. The van der Waals surface area contributed by atoms with Crippen molar-refractivity contribution in [3.8, 4) is 0 Å². The van der Waals surface area contributed by atoms with Gasteiger partial charge in [-0.3, -0.25) is 4.99 Å². The first-order valence-corrected chi connectivity index (χ1v) is 9.42. The minimum absolute atomic E-state index is 0. The van der Waals surface area contributed by atoms with Gasteiger partial charge in [-0.15, -0.1) is 35.3 Å². The number of likely N-dealkylation sites (tertiary alicyclic amines) is 1. The van der Waals surface area contributed by atoms with Gasteiger partial charge >= 0.3 is 0 Å². The highest BCUT2D eigenvalue weighted by molar-refractivity contribution is 14.0. The highest BCUT2D eigenvalue weighted by Gasteiger charge is 2.14. The summed E-state index contributed by atoms with van der Waals surface area (Å²) in [7, 11) is 0. The van der Waals surface area contributed by atoms with Crippen LogP contribution in [-0.4, -0.2) is 50.1 Å². The Balaban J connectivity index is 0.00000264. The number of nitrogens with zero attached hydrogens (tertiary/aromatic N) is 2. The van der Waals surface area contributed by atoms with E-state index >= 15 is 0 Å². The van der Waals surface area contributed by atoms with Crippen LogP contribution < -0.4 is 10.6 Å². The first-order chi connectivity index (χ1) is 10.8. The Labute approximate surface area is 162 Å². The molecule has 23 heavy (non-hydrogen) atoms. The van der Waals surface area contributed by atoms with Gasteiger partial charge in [0.2, 0.25) is 0 Å². The lowest BCUT2D eigenvalue weighted by molar-refractivity contribution is 0.197. The van der Waals surface area contributed by atoms with E-state index in [0.717, 1.165) is 44.5 Å². The van der Waals surface area contributed by atoms with Gasteiger partial charge in [0.25, 0.3) is 0 Å². The second kappa shape index (κ2) is 12.1. The fourth-order valence-corrected chi connectivity index (χ4v) is 3.40. The highest BCUT2D eigenvalue weighted by Crippen LogP contribution is 2.15. The van der Waals surface area contributed by atoms with E-state index in [1.807, 2.05) is 11.3 Å². The Morgan fingerprint density at radius 2 is 2.13 bits per heavy atom. The van der Waals surface area contributed by atoms with Crippen LogP contribution in [0.3, 0.4) is 0 Å².